The molecule has 0 aliphatic carbocycles. The molecule has 1 fully saturated rings. The van der Waals surface area contributed by atoms with Crippen LogP contribution in [0, 0.1) is 11.6 Å². The van der Waals surface area contributed by atoms with E-state index in [1.54, 1.807) is 0 Å². The van der Waals surface area contributed by atoms with E-state index in [-0.39, 0.29) is 5.56 Å². The summed E-state index contributed by atoms with van der Waals surface area (Å²) in [4.78, 5) is 10.9. The molecule has 1 heterocycles. The Morgan fingerprint density at radius 1 is 1.44 bits per heavy atom. The zero-order valence-electron chi connectivity index (χ0n) is 8.41. The van der Waals surface area contributed by atoms with E-state index in [0.29, 0.717) is 13.0 Å². The summed E-state index contributed by atoms with van der Waals surface area (Å²) in [5.74, 6) is -2.77. The van der Waals surface area contributed by atoms with Gasteiger partial charge in [0.25, 0.3) is 0 Å². The Balaban J connectivity index is 2.32. The summed E-state index contributed by atoms with van der Waals surface area (Å²) < 4.78 is 26.2. The lowest BCUT2D eigenvalue weighted by molar-refractivity contribution is -0.139. The molecular formula is C11H11F2NO2. The molecule has 2 N–H and O–H groups in total. The van der Waals surface area contributed by atoms with E-state index >= 15 is 0 Å². The van der Waals surface area contributed by atoms with Crippen molar-refractivity contribution in [3.63, 3.8) is 0 Å². The van der Waals surface area contributed by atoms with Gasteiger partial charge >= 0.3 is 5.97 Å². The van der Waals surface area contributed by atoms with E-state index in [1.165, 1.54) is 6.07 Å². The van der Waals surface area contributed by atoms with E-state index < -0.39 is 29.6 Å². The number of carboxylic acid groups (broad SMARTS) is 1. The normalized spacial score (nSPS) is 24.6. The second-order valence-corrected chi connectivity index (χ2v) is 3.83. The van der Waals surface area contributed by atoms with Crippen molar-refractivity contribution in [2.24, 2.45) is 0 Å². The third-order valence-corrected chi connectivity index (χ3v) is 2.85. The summed E-state index contributed by atoms with van der Waals surface area (Å²) >= 11 is 0. The molecule has 0 saturated carbocycles. The fourth-order valence-corrected chi connectivity index (χ4v) is 2.10. The standard InChI is InChI=1S/C11H11F2NO2/c12-6-1-2-7(9(13)5-6)8-3-4-14-10(8)11(15)16/h1-2,5,8,10,14H,3-4H2,(H,15,16)/t8-,10+/m1/s1. The smallest absolute Gasteiger partial charge is 0.321 e. The van der Waals surface area contributed by atoms with Crippen LogP contribution in [-0.2, 0) is 4.79 Å². The Kier molecular flexibility index (Phi) is 2.87. The van der Waals surface area contributed by atoms with Gasteiger partial charge in [0.1, 0.15) is 17.7 Å². The highest BCUT2D eigenvalue weighted by molar-refractivity contribution is 5.75. The number of nitrogens with one attached hydrogen (secondary N) is 1. The minimum absolute atomic E-state index is 0.263. The van der Waals surface area contributed by atoms with Crippen molar-refractivity contribution in [1.82, 2.24) is 5.32 Å². The van der Waals surface area contributed by atoms with Crippen molar-refractivity contribution in [1.29, 1.82) is 0 Å². The largest absolute Gasteiger partial charge is 0.480 e. The number of carbonyl (C=O) groups is 1. The monoisotopic (exact) mass is 227 g/mol. The summed E-state index contributed by atoms with van der Waals surface area (Å²) in [6.07, 6.45) is 0.541. The van der Waals surface area contributed by atoms with E-state index in [1.807, 2.05) is 0 Å². The molecule has 1 saturated heterocycles. The molecule has 1 aliphatic heterocycles. The van der Waals surface area contributed by atoms with Gasteiger partial charge in [0.2, 0.25) is 0 Å². The molecule has 0 radical (unpaired) electrons. The fraction of sp³-hybridized carbons (Fsp3) is 0.364. The average molecular weight is 227 g/mol. The highest BCUT2D eigenvalue weighted by Gasteiger charge is 2.35. The van der Waals surface area contributed by atoms with Crippen LogP contribution < -0.4 is 5.32 Å². The maximum absolute atomic E-state index is 13.5. The van der Waals surface area contributed by atoms with Crippen LogP contribution in [0.15, 0.2) is 18.2 Å². The Labute approximate surface area is 91.1 Å². The molecule has 2 rings (SSSR count). The summed E-state index contributed by atoms with van der Waals surface area (Å²) in [7, 11) is 0. The van der Waals surface area contributed by atoms with E-state index in [2.05, 4.69) is 5.32 Å². The first-order chi connectivity index (χ1) is 7.59. The van der Waals surface area contributed by atoms with Gasteiger partial charge in [-0.15, -0.1) is 0 Å². The van der Waals surface area contributed by atoms with Gasteiger partial charge in [0, 0.05) is 12.0 Å². The predicted octanol–water partition coefficient (Wildman–Crippen LogP) is 1.49. The molecule has 5 heteroatoms. The number of hydrogen-bond acceptors (Lipinski definition) is 2. The molecular weight excluding hydrogens is 216 g/mol. The lowest BCUT2D eigenvalue weighted by Crippen LogP contribution is -2.34. The molecule has 3 nitrogen and oxygen atoms in total. The SMILES string of the molecule is O=C(O)[C@H]1NCC[C@@H]1c1ccc(F)cc1F. The number of aliphatic carboxylic acids is 1. The van der Waals surface area contributed by atoms with E-state index in [0.717, 1.165) is 12.1 Å². The van der Waals surface area contributed by atoms with Gasteiger partial charge in [-0.3, -0.25) is 4.79 Å². The molecule has 1 aliphatic rings. The third-order valence-electron chi connectivity index (χ3n) is 2.85. The molecule has 0 aromatic heterocycles. The van der Waals surface area contributed by atoms with Crippen molar-refractivity contribution < 1.29 is 18.7 Å². The van der Waals surface area contributed by atoms with Crippen LogP contribution in [0.1, 0.15) is 17.9 Å². The van der Waals surface area contributed by atoms with Crippen LogP contribution in [0.2, 0.25) is 0 Å². The van der Waals surface area contributed by atoms with Crippen LogP contribution in [0.4, 0.5) is 8.78 Å². The summed E-state index contributed by atoms with van der Waals surface area (Å²) in [5, 5.41) is 11.7. The molecule has 16 heavy (non-hydrogen) atoms. The first-order valence-electron chi connectivity index (χ1n) is 5.00. The van der Waals surface area contributed by atoms with Crippen LogP contribution in [-0.4, -0.2) is 23.7 Å². The van der Waals surface area contributed by atoms with Crippen molar-refractivity contribution in [2.45, 2.75) is 18.4 Å². The summed E-state index contributed by atoms with van der Waals surface area (Å²) in [6.45, 7) is 0.526. The van der Waals surface area contributed by atoms with E-state index in [9.17, 15) is 13.6 Å². The van der Waals surface area contributed by atoms with Crippen LogP contribution >= 0.6 is 0 Å². The van der Waals surface area contributed by atoms with Crippen molar-refractivity contribution >= 4 is 5.97 Å². The maximum Gasteiger partial charge on any atom is 0.321 e. The summed E-state index contributed by atoms with van der Waals surface area (Å²) in [5.41, 5.74) is 0.263. The molecule has 2 atom stereocenters. The van der Waals surface area contributed by atoms with Gasteiger partial charge in [-0.25, -0.2) is 8.78 Å². The lowest BCUT2D eigenvalue weighted by Gasteiger charge is -2.16. The van der Waals surface area contributed by atoms with Crippen molar-refractivity contribution in [2.75, 3.05) is 6.54 Å². The predicted molar refractivity (Wildman–Crippen MR) is 53.1 cm³/mol. The third kappa shape index (κ3) is 1.90. The Hall–Kier alpha value is -1.49. The highest BCUT2D eigenvalue weighted by atomic mass is 19.1. The van der Waals surface area contributed by atoms with Gasteiger partial charge in [-0.1, -0.05) is 6.07 Å². The Morgan fingerprint density at radius 3 is 2.81 bits per heavy atom. The minimum Gasteiger partial charge on any atom is -0.480 e. The molecule has 86 valence electrons. The number of hydrogen-bond donors (Lipinski definition) is 2. The number of rotatable bonds is 2. The lowest BCUT2D eigenvalue weighted by atomic mass is 9.91. The second kappa shape index (κ2) is 4.17. The van der Waals surface area contributed by atoms with Crippen LogP contribution in [0.3, 0.4) is 0 Å². The van der Waals surface area contributed by atoms with Crippen molar-refractivity contribution in [3.8, 4) is 0 Å². The molecule has 0 amide bonds. The van der Waals surface area contributed by atoms with Gasteiger partial charge in [-0.2, -0.15) is 0 Å². The fourth-order valence-electron chi connectivity index (χ4n) is 2.10. The van der Waals surface area contributed by atoms with Crippen LogP contribution in [0.5, 0.6) is 0 Å². The highest BCUT2D eigenvalue weighted by Crippen LogP contribution is 2.30. The first-order valence-corrected chi connectivity index (χ1v) is 5.00. The van der Waals surface area contributed by atoms with Gasteiger partial charge in [-0.05, 0) is 24.6 Å². The Bertz CT molecular complexity index is 422. The van der Waals surface area contributed by atoms with E-state index in [4.69, 9.17) is 5.11 Å². The topological polar surface area (TPSA) is 49.3 Å². The molecule has 0 spiro atoms. The Morgan fingerprint density at radius 2 is 2.19 bits per heavy atom. The van der Waals surface area contributed by atoms with Gasteiger partial charge in [0.05, 0.1) is 0 Å². The molecule has 0 bridgehead atoms. The zero-order chi connectivity index (χ0) is 11.7. The molecule has 1 aromatic rings. The van der Waals surface area contributed by atoms with Crippen molar-refractivity contribution in [3.05, 3.63) is 35.4 Å². The minimum atomic E-state index is -1.01. The van der Waals surface area contributed by atoms with Gasteiger partial charge < -0.3 is 10.4 Å². The quantitative estimate of drug-likeness (QED) is 0.804. The second-order valence-electron chi connectivity index (χ2n) is 3.83. The summed E-state index contributed by atoms with van der Waals surface area (Å²) in [6, 6.07) is 2.46. The average Bonchev–Trinajstić information content (AvgIpc) is 2.66. The first kappa shape index (κ1) is 11.0. The van der Waals surface area contributed by atoms with Crippen LogP contribution in [0.25, 0.3) is 0 Å². The molecule has 0 unspecified atom stereocenters. The number of halogens is 2. The zero-order valence-corrected chi connectivity index (χ0v) is 8.41. The number of carboxylic acids is 1. The number of benzene rings is 1. The maximum atomic E-state index is 13.5. The molecule has 1 aromatic carbocycles. The van der Waals surface area contributed by atoms with Gasteiger partial charge in [0.15, 0.2) is 0 Å².